The van der Waals surface area contributed by atoms with Crippen molar-refractivity contribution in [1.29, 1.82) is 0 Å². The van der Waals surface area contributed by atoms with Gasteiger partial charge in [-0.2, -0.15) is 0 Å². The van der Waals surface area contributed by atoms with Gasteiger partial charge in [-0.1, -0.05) is 158 Å². The third kappa shape index (κ3) is 5.51. The number of benzene rings is 10. The van der Waals surface area contributed by atoms with Gasteiger partial charge in [0.25, 0.3) is 0 Å². The molecule has 4 aromatic heterocycles. The first-order chi connectivity index (χ1) is 32.2. The van der Waals surface area contributed by atoms with Gasteiger partial charge in [0, 0.05) is 74.8 Å². The summed E-state index contributed by atoms with van der Waals surface area (Å²) < 4.78 is 7.47. The molecule has 4 heterocycles. The Morgan fingerprint density at radius 1 is 0.292 bits per heavy atom. The zero-order valence-electron chi connectivity index (χ0n) is 35.1. The Kier molecular flexibility index (Phi) is 7.85. The van der Waals surface area contributed by atoms with Gasteiger partial charge in [0.05, 0.1) is 33.3 Å². The van der Waals surface area contributed by atoms with Crippen molar-refractivity contribution in [3.05, 3.63) is 224 Å². The lowest BCUT2D eigenvalue weighted by Gasteiger charge is -2.16. The second-order valence-electron chi connectivity index (χ2n) is 17.1. The molecule has 302 valence electrons. The molecule has 0 spiro atoms. The first-order valence-corrected chi connectivity index (χ1v) is 23.0. The molecule has 0 N–H and O–H groups in total. The lowest BCUT2D eigenvalue weighted by Crippen LogP contribution is -2.00. The van der Waals surface area contributed by atoms with E-state index in [2.05, 4.69) is 234 Å². The maximum Gasteiger partial charge on any atom is 0.0788 e. The predicted molar refractivity (Wildman–Crippen MR) is 277 cm³/mol. The third-order valence-electron chi connectivity index (χ3n) is 13.5. The topological polar surface area (TPSA) is 22.8 Å². The number of para-hydroxylation sites is 4. The van der Waals surface area contributed by atoms with Crippen LogP contribution in [0.2, 0.25) is 0 Å². The molecule has 14 aromatic rings. The fraction of sp³-hybridized carbons (Fsp3) is 0. The number of rotatable bonds is 5. The Bertz CT molecular complexity index is 3990. The largest absolute Gasteiger partial charge is 0.309 e. The van der Waals surface area contributed by atoms with Gasteiger partial charge in [0.15, 0.2) is 0 Å². The highest BCUT2D eigenvalue weighted by molar-refractivity contribution is 7.26. The average Bonchev–Trinajstić information content (AvgIpc) is 4.04. The molecular weight excluding hydrogens is 807 g/mol. The first-order valence-electron chi connectivity index (χ1n) is 22.2. The van der Waals surface area contributed by atoms with Crippen molar-refractivity contribution >= 4 is 96.8 Å². The van der Waals surface area contributed by atoms with Gasteiger partial charge in [-0.15, -0.1) is 11.3 Å². The Morgan fingerprint density at radius 3 is 1.37 bits per heavy atom. The standard InChI is InChI=1S/C61H37N3S/c1-2-14-40(15-3-1)61-50-31-33-58-60(49-20-8-13-25-57(49)65-58)59(50)51-36-41(30-32-52(51)62-61)38-26-28-39(29-27-38)42-34-43(63-53-21-9-4-16-45(53)46-17-5-10-22-54(46)63)37-44(35-42)64-55-23-11-6-18-47(55)48-19-7-12-24-56(48)64/h1-37H. The zero-order valence-corrected chi connectivity index (χ0v) is 35.9. The summed E-state index contributed by atoms with van der Waals surface area (Å²) >= 11 is 1.86. The second kappa shape index (κ2) is 14.1. The Morgan fingerprint density at radius 2 is 0.785 bits per heavy atom. The summed E-state index contributed by atoms with van der Waals surface area (Å²) in [6.07, 6.45) is 0. The molecule has 0 bridgehead atoms. The number of nitrogens with zero attached hydrogens (tertiary/aromatic N) is 3. The van der Waals surface area contributed by atoms with Crippen molar-refractivity contribution in [2.24, 2.45) is 0 Å². The van der Waals surface area contributed by atoms with E-state index in [0.717, 1.165) is 39.3 Å². The molecule has 0 aliphatic carbocycles. The quantitative estimate of drug-likeness (QED) is 0.158. The molecule has 3 nitrogen and oxygen atoms in total. The smallest absolute Gasteiger partial charge is 0.0788 e. The average molecular weight is 844 g/mol. The van der Waals surface area contributed by atoms with Gasteiger partial charge in [-0.3, -0.25) is 0 Å². The zero-order chi connectivity index (χ0) is 42.6. The lowest BCUT2D eigenvalue weighted by atomic mass is 9.94. The molecule has 0 unspecified atom stereocenters. The lowest BCUT2D eigenvalue weighted by molar-refractivity contribution is 1.13. The van der Waals surface area contributed by atoms with E-state index in [9.17, 15) is 0 Å². The number of fused-ring (bicyclic) bond motifs is 13. The molecule has 0 radical (unpaired) electrons. The van der Waals surface area contributed by atoms with Crippen LogP contribution >= 0.6 is 11.3 Å². The maximum absolute atomic E-state index is 5.37. The van der Waals surface area contributed by atoms with Gasteiger partial charge >= 0.3 is 0 Å². The van der Waals surface area contributed by atoms with E-state index in [1.807, 2.05) is 11.3 Å². The van der Waals surface area contributed by atoms with E-state index in [1.54, 1.807) is 0 Å². The molecule has 14 rings (SSSR count). The second-order valence-corrected chi connectivity index (χ2v) is 18.2. The maximum atomic E-state index is 5.37. The minimum Gasteiger partial charge on any atom is -0.309 e. The van der Waals surface area contributed by atoms with Crippen LogP contribution in [0.5, 0.6) is 0 Å². The van der Waals surface area contributed by atoms with Crippen LogP contribution in [0.4, 0.5) is 0 Å². The molecule has 0 aliphatic rings. The van der Waals surface area contributed by atoms with Crippen molar-refractivity contribution in [1.82, 2.24) is 14.1 Å². The molecule has 65 heavy (non-hydrogen) atoms. The van der Waals surface area contributed by atoms with Gasteiger partial charge in [-0.05, 0) is 89.0 Å². The number of thiophene rings is 1. The summed E-state index contributed by atoms with van der Waals surface area (Å²) in [4.78, 5) is 5.37. The summed E-state index contributed by atoms with van der Waals surface area (Å²) in [5.74, 6) is 0. The van der Waals surface area contributed by atoms with Gasteiger partial charge < -0.3 is 9.13 Å². The number of hydrogen-bond acceptors (Lipinski definition) is 2. The van der Waals surface area contributed by atoms with Crippen LogP contribution in [0.25, 0.3) is 130 Å². The molecule has 10 aromatic carbocycles. The number of pyridine rings is 1. The first kappa shape index (κ1) is 36.2. The number of aromatic nitrogens is 3. The van der Waals surface area contributed by atoms with Gasteiger partial charge in [0.2, 0.25) is 0 Å². The Labute approximate surface area is 378 Å². The van der Waals surface area contributed by atoms with E-state index >= 15 is 0 Å². The van der Waals surface area contributed by atoms with Crippen LogP contribution in [-0.2, 0) is 0 Å². The number of hydrogen-bond donors (Lipinski definition) is 0. The fourth-order valence-corrected chi connectivity index (χ4v) is 11.7. The van der Waals surface area contributed by atoms with E-state index in [0.29, 0.717) is 0 Å². The summed E-state index contributed by atoms with van der Waals surface area (Å²) in [6.45, 7) is 0. The highest BCUT2D eigenvalue weighted by atomic mass is 32.1. The highest BCUT2D eigenvalue weighted by Crippen LogP contribution is 2.45. The van der Waals surface area contributed by atoms with Crippen LogP contribution in [0, 0.1) is 0 Å². The normalized spacial score (nSPS) is 12.0. The van der Waals surface area contributed by atoms with Crippen LogP contribution in [0.3, 0.4) is 0 Å². The molecular formula is C61H37N3S. The molecule has 0 atom stereocenters. The summed E-state index contributed by atoms with van der Waals surface area (Å²) in [7, 11) is 0. The Balaban J connectivity index is 0.965. The SMILES string of the molecule is c1ccc(-c2nc3ccc(-c4ccc(-c5cc(-n6c7ccccc7c7ccccc76)cc(-n6c7ccccc7c7ccccc76)c5)cc4)cc3c3c2ccc2sc4ccccc4c23)cc1. The molecule has 0 amide bonds. The summed E-state index contributed by atoms with van der Waals surface area (Å²) in [6, 6.07) is 82.1. The molecule has 4 heteroatoms. The van der Waals surface area contributed by atoms with Crippen molar-refractivity contribution < 1.29 is 0 Å². The van der Waals surface area contributed by atoms with Crippen LogP contribution < -0.4 is 0 Å². The summed E-state index contributed by atoms with van der Waals surface area (Å²) in [5.41, 5.74) is 14.8. The summed E-state index contributed by atoms with van der Waals surface area (Å²) in [5, 5.41) is 11.2. The van der Waals surface area contributed by atoms with Crippen LogP contribution in [0.1, 0.15) is 0 Å². The van der Waals surface area contributed by atoms with Gasteiger partial charge in [-0.25, -0.2) is 4.98 Å². The van der Waals surface area contributed by atoms with Gasteiger partial charge in [0.1, 0.15) is 0 Å². The molecule has 0 fully saturated rings. The molecule has 0 saturated carbocycles. The minimum absolute atomic E-state index is 0.999. The highest BCUT2D eigenvalue weighted by Gasteiger charge is 2.19. The molecule has 0 saturated heterocycles. The fourth-order valence-electron chi connectivity index (χ4n) is 10.6. The Hall–Kier alpha value is -8.31. The van der Waals surface area contributed by atoms with Crippen molar-refractivity contribution in [3.8, 4) is 44.9 Å². The van der Waals surface area contributed by atoms with E-state index in [1.165, 1.54) is 91.1 Å². The minimum atomic E-state index is 0.999. The third-order valence-corrected chi connectivity index (χ3v) is 14.6. The van der Waals surface area contributed by atoms with E-state index in [-0.39, 0.29) is 0 Å². The van der Waals surface area contributed by atoms with Crippen LogP contribution in [0.15, 0.2) is 224 Å². The van der Waals surface area contributed by atoms with E-state index in [4.69, 9.17) is 4.98 Å². The predicted octanol–water partition coefficient (Wildman–Crippen LogP) is 17.0. The van der Waals surface area contributed by atoms with Crippen molar-refractivity contribution in [2.75, 3.05) is 0 Å². The van der Waals surface area contributed by atoms with Crippen molar-refractivity contribution in [2.45, 2.75) is 0 Å². The monoisotopic (exact) mass is 843 g/mol. The molecule has 0 aliphatic heterocycles. The van der Waals surface area contributed by atoms with E-state index < -0.39 is 0 Å². The van der Waals surface area contributed by atoms with Crippen LogP contribution in [-0.4, -0.2) is 14.1 Å². The van der Waals surface area contributed by atoms with Crippen molar-refractivity contribution in [3.63, 3.8) is 0 Å².